The number of carboxylic acid groups (broad SMARTS) is 1. The second kappa shape index (κ2) is 8.07. The summed E-state index contributed by atoms with van der Waals surface area (Å²) in [6.07, 6.45) is 2.79. The van der Waals surface area contributed by atoms with Crippen molar-refractivity contribution in [3.05, 3.63) is 74.4 Å². The Bertz CT molecular complexity index is 949. The lowest BCUT2D eigenvalue weighted by atomic mass is 10.1. The van der Waals surface area contributed by atoms with Gasteiger partial charge in [0, 0.05) is 55.7 Å². The fourth-order valence-corrected chi connectivity index (χ4v) is 4.03. The van der Waals surface area contributed by atoms with Crippen molar-refractivity contribution in [2.24, 2.45) is 0 Å². The van der Waals surface area contributed by atoms with Crippen molar-refractivity contribution >= 4 is 40.8 Å². The van der Waals surface area contributed by atoms with E-state index in [0.29, 0.717) is 20.9 Å². The molecule has 0 aliphatic carbocycles. The minimum Gasteiger partial charge on any atom is -0.476 e. The summed E-state index contributed by atoms with van der Waals surface area (Å²) in [5.41, 5.74) is 1.65. The minimum atomic E-state index is -1.04. The van der Waals surface area contributed by atoms with Crippen molar-refractivity contribution in [1.82, 2.24) is 19.7 Å². The van der Waals surface area contributed by atoms with Crippen molar-refractivity contribution < 1.29 is 9.90 Å². The van der Waals surface area contributed by atoms with E-state index in [-0.39, 0.29) is 12.2 Å². The number of hydrogen-bond donors (Lipinski definition) is 1. The zero-order valence-electron chi connectivity index (χ0n) is 15.5. The highest BCUT2D eigenvalue weighted by molar-refractivity contribution is 6.33. The maximum absolute atomic E-state index is 12.2. The molecule has 3 rings (SSSR count). The van der Waals surface area contributed by atoms with E-state index in [1.54, 1.807) is 54.4 Å². The fraction of sp³-hybridized carbons (Fsp3) is 0.263. The van der Waals surface area contributed by atoms with Gasteiger partial charge in [-0.05, 0) is 29.8 Å². The predicted octanol–water partition coefficient (Wildman–Crippen LogP) is 4.30. The first-order valence-corrected chi connectivity index (χ1v) is 9.53. The maximum atomic E-state index is 12.2. The summed E-state index contributed by atoms with van der Waals surface area (Å²) in [6, 6.07) is 6.91. The standard InChI is InChI=1S/C19H19Cl3N4O2/c1-24(2)18-16(19(27)28)26(10-12-7-13(20)4-5-15(12)22)17(25(18)3)11-6-14(21)9-23-8-11/h4-9,17H,10H2,1-3H3,(H,27,28). The molecule has 0 saturated carbocycles. The monoisotopic (exact) mass is 440 g/mol. The number of carboxylic acids is 1. The third kappa shape index (κ3) is 3.85. The summed E-state index contributed by atoms with van der Waals surface area (Å²) in [5.74, 6) is -0.471. The number of aliphatic carboxylic acids is 1. The average molecular weight is 442 g/mol. The van der Waals surface area contributed by atoms with Gasteiger partial charge in [0.2, 0.25) is 0 Å². The van der Waals surface area contributed by atoms with Crippen LogP contribution in [0.4, 0.5) is 0 Å². The quantitative estimate of drug-likeness (QED) is 0.746. The highest BCUT2D eigenvalue weighted by Gasteiger charge is 2.41. The highest BCUT2D eigenvalue weighted by Crippen LogP contribution is 2.41. The van der Waals surface area contributed by atoms with E-state index < -0.39 is 12.1 Å². The van der Waals surface area contributed by atoms with Gasteiger partial charge in [-0.2, -0.15) is 0 Å². The summed E-state index contributed by atoms with van der Waals surface area (Å²) >= 11 is 18.6. The fourth-order valence-electron chi connectivity index (χ4n) is 3.48. The second-order valence-corrected chi connectivity index (χ2v) is 7.94. The van der Waals surface area contributed by atoms with Crippen LogP contribution in [0, 0.1) is 0 Å². The molecule has 1 N–H and O–H groups in total. The molecule has 1 aliphatic heterocycles. The molecule has 2 aromatic rings. The first kappa shape index (κ1) is 20.6. The molecule has 1 aliphatic rings. The Kier molecular flexibility index (Phi) is 5.93. The Morgan fingerprint density at radius 1 is 1.18 bits per heavy atom. The number of rotatable bonds is 5. The molecule has 1 aromatic heterocycles. The van der Waals surface area contributed by atoms with Crippen LogP contribution >= 0.6 is 34.8 Å². The third-order valence-electron chi connectivity index (χ3n) is 4.49. The van der Waals surface area contributed by atoms with Gasteiger partial charge in [0.1, 0.15) is 12.0 Å². The van der Waals surface area contributed by atoms with Gasteiger partial charge in [-0.25, -0.2) is 4.79 Å². The lowest BCUT2D eigenvalue weighted by Gasteiger charge is -2.33. The van der Waals surface area contributed by atoms with Gasteiger partial charge < -0.3 is 19.8 Å². The van der Waals surface area contributed by atoms with Gasteiger partial charge in [-0.3, -0.25) is 4.98 Å². The van der Waals surface area contributed by atoms with Crippen molar-refractivity contribution in [3.63, 3.8) is 0 Å². The molecule has 6 nitrogen and oxygen atoms in total. The molecule has 9 heteroatoms. The Morgan fingerprint density at radius 3 is 2.50 bits per heavy atom. The van der Waals surface area contributed by atoms with Gasteiger partial charge in [0.25, 0.3) is 0 Å². The van der Waals surface area contributed by atoms with Gasteiger partial charge in [0.05, 0.1) is 5.02 Å². The Labute approximate surface area is 178 Å². The Morgan fingerprint density at radius 2 is 1.89 bits per heavy atom. The van der Waals surface area contributed by atoms with Crippen LogP contribution in [-0.4, -0.2) is 51.9 Å². The molecule has 0 fully saturated rings. The van der Waals surface area contributed by atoms with Gasteiger partial charge in [-0.1, -0.05) is 34.8 Å². The van der Waals surface area contributed by atoms with E-state index in [0.717, 1.165) is 11.1 Å². The van der Waals surface area contributed by atoms with Gasteiger partial charge in [0.15, 0.2) is 5.70 Å². The molecule has 0 amide bonds. The molecular formula is C19H19Cl3N4O2. The molecular weight excluding hydrogens is 423 g/mol. The van der Waals surface area contributed by atoms with Crippen LogP contribution in [0.15, 0.2) is 48.2 Å². The van der Waals surface area contributed by atoms with Gasteiger partial charge in [-0.15, -0.1) is 0 Å². The van der Waals surface area contributed by atoms with Crippen molar-refractivity contribution in [2.75, 3.05) is 21.1 Å². The number of halogens is 3. The largest absolute Gasteiger partial charge is 0.476 e. The van der Waals surface area contributed by atoms with Crippen LogP contribution in [0.3, 0.4) is 0 Å². The molecule has 1 aromatic carbocycles. The molecule has 1 unspecified atom stereocenters. The van der Waals surface area contributed by atoms with E-state index >= 15 is 0 Å². The molecule has 0 spiro atoms. The van der Waals surface area contributed by atoms with Crippen molar-refractivity contribution in [2.45, 2.75) is 12.7 Å². The molecule has 0 bridgehead atoms. The first-order valence-electron chi connectivity index (χ1n) is 8.39. The number of aromatic nitrogens is 1. The van der Waals surface area contributed by atoms with Gasteiger partial charge >= 0.3 is 5.97 Å². The summed E-state index contributed by atoms with van der Waals surface area (Å²) in [7, 11) is 5.44. The summed E-state index contributed by atoms with van der Waals surface area (Å²) in [6.45, 7) is 0.250. The maximum Gasteiger partial charge on any atom is 0.356 e. The normalized spacial score (nSPS) is 16.7. The van der Waals surface area contributed by atoms with Crippen LogP contribution in [0.5, 0.6) is 0 Å². The van der Waals surface area contributed by atoms with Crippen LogP contribution in [0.2, 0.25) is 15.1 Å². The topological polar surface area (TPSA) is 59.9 Å². The smallest absolute Gasteiger partial charge is 0.356 e. The second-order valence-electron chi connectivity index (χ2n) is 6.66. The van der Waals surface area contributed by atoms with Crippen LogP contribution < -0.4 is 0 Å². The van der Waals surface area contributed by atoms with Crippen LogP contribution in [0.1, 0.15) is 17.3 Å². The number of pyridine rings is 1. The predicted molar refractivity (Wildman–Crippen MR) is 110 cm³/mol. The summed E-state index contributed by atoms with van der Waals surface area (Å²) in [5, 5.41) is 11.5. The molecule has 28 heavy (non-hydrogen) atoms. The van der Waals surface area contributed by atoms with Crippen LogP contribution in [0.25, 0.3) is 0 Å². The van der Waals surface area contributed by atoms with E-state index in [4.69, 9.17) is 34.8 Å². The zero-order valence-corrected chi connectivity index (χ0v) is 17.8. The molecule has 1 atom stereocenters. The SMILES string of the molecule is CN(C)C1=C(C(=O)O)N(Cc2cc(Cl)ccc2Cl)C(c2cncc(Cl)c2)N1C. The Balaban J connectivity index is 2.15. The average Bonchev–Trinajstić information content (AvgIpc) is 2.90. The first-order chi connectivity index (χ1) is 13.2. The molecule has 0 saturated heterocycles. The zero-order chi connectivity index (χ0) is 20.6. The summed E-state index contributed by atoms with van der Waals surface area (Å²) < 4.78 is 0. The number of benzene rings is 1. The lowest BCUT2D eigenvalue weighted by Crippen LogP contribution is -2.33. The van der Waals surface area contributed by atoms with Crippen LogP contribution in [-0.2, 0) is 11.3 Å². The number of carbonyl (C=O) groups is 1. The summed E-state index contributed by atoms with van der Waals surface area (Å²) in [4.78, 5) is 21.8. The molecule has 2 heterocycles. The van der Waals surface area contributed by atoms with Crippen molar-refractivity contribution in [3.8, 4) is 0 Å². The van der Waals surface area contributed by atoms with E-state index in [1.807, 2.05) is 11.9 Å². The van der Waals surface area contributed by atoms with E-state index in [9.17, 15) is 9.90 Å². The molecule has 0 radical (unpaired) electrons. The van der Waals surface area contributed by atoms with E-state index in [2.05, 4.69) is 4.98 Å². The lowest BCUT2D eigenvalue weighted by molar-refractivity contribution is -0.134. The van der Waals surface area contributed by atoms with Crippen molar-refractivity contribution in [1.29, 1.82) is 0 Å². The van der Waals surface area contributed by atoms with E-state index in [1.165, 1.54) is 6.20 Å². The Hall–Kier alpha value is -2.15. The number of nitrogens with zero attached hydrogens (tertiary/aromatic N) is 4. The minimum absolute atomic E-state index is 0.161. The highest BCUT2D eigenvalue weighted by atomic mass is 35.5. The molecule has 148 valence electrons. The number of hydrogen-bond acceptors (Lipinski definition) is 5. The third-order valence-corrected chi connectivity index (χ3v) is 5.30.